The Morgan fingerprint density at radius 3 is 2.48 bits per heavy atom. The van der Waals surface area contributed by atoms with Crippen molar-refractivity contribution in [1.82, 2.24) is 14.8 Å². The normalized spacial score (nSPS) is 12.4. The van der Waals surface area contributed by atoms with Gasteiger partial charge in [0, 0.05) is 35.8 Å². The van der Waals surface area contributed by atoms with Crippen molar-refractivity contribution in [3.05, 3.63) is 64.2 Å². The summed E-state index contributed by atoms with van der Waals surface area (Å²) in [6.45, 7) is 8.00. The molecule has 7 nitrogen and oxygen atoms in total. The van der Waals surface area contributed by atoms with Gasteiger partial charge in [-0.05, 0) is 61.7 Å². The van der Waals surface area contributed by atoms with Crippen LogP contribution in [0.25, 0.3) is 10.9 Å². The van der Waals surface area contributed by atoms with E-state index in [0.29, 0.717) is 46.5 Å². The molecule has 2 heterocycles. The van der Waals surface area contributed by atoms with Crippen LogP contribution >= 0.6 is 12.2 Å². The highest BCUT2D eigenvalue weighted by Crippen LogP contribution is 2.35. The molecule has 33 heavy (non-hydrogen) atoms. The van der Waals surface area contributed by atoms with E-state index in [1.54, 1.807) is 18.2 Å². The monoisotopic (exact) mass is 470 g/mol. The van der Waals surface area contributed by atoms with Gasteiger partial charge in [-0.25, -0.2) is 4.39 Å². The van der Waals surface area contributed by atoms with Gasteiger partial charge in [0.1, 0.15) is 5.82 Å². The highest BCUT2D eigenvalue weighted by molar-refractivity contribution is 7.80. The molecular formula is C24H27FN4O3S. The number of anilines is 1. The highest BCUT2D eigenvalue weighted by Gasteiger charge is 2.18. The average Bonchev–Trinajstić information content (AvgIpc) is 3.26. The molecule has 1 aliphatic heterocycles. The van der Waals surface area contributed by atoms with Gasteiger partial charge < -0.3 is 29.6 Å². The second-order valence-corrected chi connectivity index (χ2v) is 8.19. The molecule has 0 atom stereocenters. The lowest BCUT2D eigenvalue weighted by Gasteiger charge is -2.29. The van der Waals surface area contributed by atoms with Crippen LogP contribution in [0.2, 0.25) is 0 Å². The number of hydrogen-bond donors (Lipinski definition) is 2. The minimum Gasteiger partial charge on any atom is -0.454 e. The van der Waals surface area contributed by atoms with Crippen molar-refractivity contribution in [2.24, 2.45) is 0 Å². The Kier molecular flexibility index (Phi) is 7.10. The number of nitrogens with one attached hydrogen (secondary N) is 2. The van der Waals surface area contributed by atoms with Gasteiger partial charge >= 0.3 is 0 Å². The van der Waals surface area contributed by atoms with Crippen molar-refractivity contribution >= 4 is 33.9 Å². The van der Waals surface area contributed by atoms with E-state index in [-0.39, 0.29) is 18.2 Å². The fraction of sp³-hybridized carbons (Fsp3) is 0.333. The van der Waals surface area contributed by atoms with Crippen LogP contribution in [0.4, 0.5) is 10.1 Å². The molecule has 0 saturated heterocycles. The molecule has 2 aromatic carbocycles. The number of pyridine rings is 1. The highest BCUT2D eigenvalue weighted by atomic mass is 32.1. The molecule has 4 rings (SSSR count). The molecule has 2 N–H and O–H groups in total. The van der Waals surface area contributed by atoms with Crippen LogP contribution in [0.15, 0.2) is 47.3 Å². The van der Waals surface area contributed by atoms with Crippen LogP contribution in [-0.2, 0) is 6.54 Å². The summed E-state index contributed by atoms with van der Waals surface area (Å²) in [6.07, 6.45) is 0. The number of aromatic nitrogens is 1. The van der Waals surface area contributed by atoms with E-state index in [0.717, 1.165) is 25.0 Å². The van der Waals surface area contributed by atoms with Crippen molar-refractivity contribution in [1.29, 1.82) is 0 Å². The summed E-state index contributed by atoms with van der Waals surface area (Å²) in [5.41, 5.74) is 1.78. The molecule has 1 aromatic heterocycles. The third-order valence-corrected chi connectivity index (χ3v) is 6.10. The topological polar surface area (TPSA) is 69.8 Å². The first-order chi connectivity index (χ1) is 16.0. The van der Waals surface area contributed by atoms with Gasteiger partial charge in [0.2, 0.25) is 6.79 Å². The number of fused-ring (bicyclic) bond motifs is 2. The molecular weight excluding hydrogens is 443 g/mol. The van der Waals surface area contributed by atoms with E-state index in [2.05, 4.69) is 29.0 Å². The summed E-state index contributed by atoms with van der Waals surface area (Å²) < 4.78 is 24.2. The lowest BCUT2D eigenvalue weighted by Crippen LogP contribution is -2.41. The molecule has 0 fully saturated rings. The zero-order valence-corrected chi connectivity index (χ0v) is 19.5. The number of likely N-dealkylation sites (N-methyl/N-ethyl adjacent to an activating group) is 1. The van der Waals surface area contributed by atoms with Crippen molar-refractivity contribution in [2.75, 3.05) is 38.3 Å². The van der Waals surface area contributed by atoms with Crippen molar-refractivity contribution in [3.63, 3.8) is 0 Å². The maximum atomic E-state index is 13.3. The SMILES string of the molecule is CCN(CC)CCN(Cc1cc2cc3c(cc2[nH]c1=O)OCO3)C(=S)Nc1ccc(F)cc1. The summed E-state index contributed by atoms with van der Waals surface area (Å²) in [4.78, 5) is 20.1. The second-order valence-electron chi connectivity index (χ2n) is 7.80. The Balaban J connectivity index is 1.59. The maximum absolute atomic E-state index is 13.3. The van der Waals surface area contributed by atoms with Crippen LogP contribution in [0, 0.1) is 5.82 Å². The molecule has 0 bridgehead atoms. The van der Waals surface area contributed by atoms with Gasteiger partial charge in [0.25, 0.3) is 5.56 Å². The number of ether oxygens (including phenoxy) is 2. The molecule has 0 amide bonds. The van der Waals surface area contributed by atoms with Gasteiger partial charge in [-0.1, -0.05) is 13.8 Å². The maximum Gasteiger partial charge on any atom is 0.253 e. The van der Waals surface area contributed by atoms with Crippen LogP contribution in [0.1, 0.15) is 19.4 Å². The number of hydrogen-bond acceptors (Lipinski definition) is 5. The van der Waals surface area contributed by atoms with E-state index >= 15 is 0 Å². The Morgan fingerprint density at radius 2 is 1.79 bits per heavy atom. The van der Waals surface area contributed by atoms with Gasteiger partial charge in [-0.15, -0.1) is 0 Å². The van der Waals surface area contributed by atoms with E-state index < -0.39 is 0 Å². The molecule has 0 saturated carbocycles. The summed E-state index contributed by atoms with van der Waals surface area (Å²) in [6, 6.07) is 11.5. The lowest BCUT2D eigenvalue weighted by atomic mass is 10.1. The number of aromatic amines is 1. The summed E-state index contributed by atoms with van der Waals surface area (Å²) in [7, 11) is 0. The van der Waals surface area contributed by atoms with Gasteiger partial charge in [-0.2, -0.15) is 0 Å². The van der Waals surface area contributed by atoms with Gasteiger partial charge in [0.15, 0.2) is 16.6 Å². The average molecular weight is 471 g/mol. The predicted octanol–water partition coefficient (Wildman–Crippen LogP) is 3.94. The molecule has 1 aliphatic rings. The Hall–Kier alpha value is -3.17. The Bertz CT molecular complexity index is 1190. The van der Waals surface area contributed by atoms with Crippen LogP contribution in [0.5, 0.6) is 11.5 Å². The molecule has 9 heteroatoms. The van der Waals surface area contributed by atoms with Gasteiger partial charge in [0.05, 0.1) is 12.1 Å². The molecule has 174 valence electrons. The van der Waals surface area contributed by atoms with Gasteiger partial charge in [-0.3, -0.25) is 4.79 Å². The second kappa shape index (κ2) is 10.2. The standard InChI is InChI=1S/C24H27FN4O3S/c1-3-28(4-2)9-10-29(24(33)26-19-7-5-18(25)6-8-19)14-17-11-16-12-21-22(32-15-31-21)13-20(16)27-23(17)30/h5-8,11-13H,3-4,9-10,14-15H2,1-2H3,(H,26,33)(H,27,30). The van der Waals surface area contributed by atoms with Crippen molar-refractivity contribution in [3.8, 4) is 11.5 Å². The minimum atomic E-state index is -0.312. The number of H-pyrrole nitrogens is 1. The lowest BCUT2D eigenvalue weighted by molar-refractivity contribution is 0.174. The Labute approximate surface area is 197 Å². The Morgan fingerprint density at radius 1 is 1.09 bits per heavy atom. The van der Waals surface area contributed by atoms with E-state index in [4.69, 9.17) is 21.7 Å². The van der Waals surface area contributed by atoms with Crippen LogP contribution < -0.4 is 20.3 Å². The number of thiocarbonyl (C=S) groups is 1. The zero-order chi connectivity index (χ0) is 23.4. The van der Waals surface area contributed by atoms with Crippen LogP contribution in [-0.4, -0.2) is 52.9 Å². The predicted molar refractivity (Wildman–Crippen MR) is 132 cm³/mol. The van der Waals surface area contributed by atoms with E-state index in [1.807, 2.05) is 17.0 Å². The van der Waals surface area contributed by atoms with Crippen LogP contribution in [0.3, 0.4) is 0 Å². The van der Waals surface area contributed by atoms with E-state index in [9.17, 15) is 9.18 Å². The number of benzene rings is 2. The fourth-order valence-corrected chi connectivity index (χ4v) is 4.03. The first-order valence-corrected chi connectivity index (χ1v) is 11.4. The van der Waals surface area contributed by atoms with E-state index in [1.165, 1.54) is 12.1 Å². The first-order valence-electron chi connectivity index (χ1n) is 11.0. The van der Waals surface area contributed by atoms with Crippen molar-refractivity contribution < 1.29 is 13.9 Å². The third-order valence-electron chi connectivity index (χ3n) is 5.74. The van der Waals surface area contributed by atoms with Crippen molar-refractivity contribution in [2.45, 2.75) is 20.4 Å². The number of halogens is 1. The summed E-state index contributed by atoms with van der Waals surface area (Å²) in [5.74, 6) is 0.970. The smallest absolute Gasteiger partial charge is 0.253 e. The summed E-state index contributed by atoms with van der Waals surface area (Å²) in [5, 5.41) is 4.49. The molecule has 0 radical (unpaired) electrons. The third kappa shape index (κ3) is 5.43. The number of nitrogens with zero attached hydrogens (tertiary/aromatic N) is 2. The first kappa shape index (κ1) is 23.0. The zero-order valence-electron chi connectivity index (χ0n) is 18.7. The molecule has 0 aliphatic carbocycles. The summed E-state index contributed by atoms with van der Waals surface area (Å²) >= 11 is 5.67. The quantitative estimate of drug-likeness (QED) is 0.484. The fourth-order valence-electron chi connectivity index (χ4n) is 3.75. The molecule has 0 unspecified atom stereocenters. The molecule has 0 spiro atoms. The largest absolute Gasteiger partial charge is 0.454 e. The minimum absolute atomic E-state index is 0.172. The molecule has 3 aromatic rings. The number of rotatable bonds is 8.